The number of aromatic nitrogens is 3. The van der Waals surface area contributed by atoms with Gasteiger partial charge in [0.15, 0.2) is 11.0 Å². The van der Waals surface area contributed by atoms with Crippen molar-refractivity contribution in [2.75, 3.05) is 17.7 Å². The minimum absolute atomic E-state index is 0.0497. The number of hydrogen-bond donors (Lipinski definition) is 1. The van der Waals surface area contributed by atoms with Gasteiger partial charge in [-0.1, -0.05) is 35.0 Å². The molecule has 1 amide bonds. The van der Waals surface area contributed by atoms with Crippen molar-refractivity contribution in [2.45, 2.75) is 30.6 Å². The van der Waals surface area contributed by atoms with Gasteiger partial charge in [0.05, 0.1) is 29.1 Å². The van der Waals surface area contributed by atoms with E-state index in [1.54, 1.807) is 30.3 Å². The first-order valence-corrected chi connectivity index (χ1v) is 11.4. The Morgan fingerprint density at radius 3 is 2.77 bits per heavy atom. The first-order valence-electron chi connectivity index (χ1n) is 9.68. The topological polar surface area (TPSA) is 69.0 Å². The molecule has 0 saturated carbocycles. The van der Waals surface area contributed by atoms with Crippen LogP contribution in [0.25, 0.3) is 11.4 Å². The Kier molecular flexibility index (Phi) is 7.12. The molecule has 0 unspecified atom stereocenters. The average molecular weight is 481 g/mol. The smallest absolute Gasteiger partial charge is 0.234 e. The Bertz CT molecular complexity index is 1070. The van der Waals surface area contributed by atoms with Crippen molar-refractivity contribution in [1.29, 1.82) is 0 Å². The number of thioether (sulfide) groups is 1. The number of benzene rings is 2. The first kappa shape index (κ1) is 22.1. The lowest BCUT2D eigenvalue weighted by atomic mass is 10.2. The minimum atomic E-state index is -0.320. The Morgan fingerprint density at radius 2 is 2.03 bits per heavy atom. The fourth-order valence-corrected chi connectivity index (χ4v) is 4.36. The van der Waals surface area contributed by atoms with Crippen LogP contribution in [0.5, 0.6) is 0 Å². The van der Waals surface area contributed by atoms with Crippen molar-refractivity contribution in [3.8, 4) is 11.4 Å². The van der Waals surface area contributed by atoms with E-state index in [-0.39, 0.29) is 23.6 Å². The van der Waals surface area contributed by atoms with Crippen molar-refractivity contribution in [3.05, 3.63) is 58.3 Å². The Balaban J connectivity index is 1.50. The van der Waals surface area contributed by atoms with Crippen molar-refractivity contribution in [2.24, 2.45) is 0 Å². The SMILES string of the molecule is O=C(CSc1nnc(-c2ccc(F)cc2)n1C[C@H]1CCCO1)Nc1cc(Cl)ccc1Cl. The lowest BCUT2D eigenvalue weighted by molar-refractivity contribution is -0.113. The van der Waals surface area contributed by atoms with E-state index >= 15 is 0 Å². The highest BCUT2D eigenvalue weighted by Gasteiger charge is 2.22. The molecule has 4 rings (SSSR count). The summed E-state index contributed by atoms with van der Waals surface area (Å²) in [4.78, 5) is 12.5. The summed E-state index contributed by atoms with van der Waals surface area (Å²) in [5.74, 6) is 0.149. The number of nitrogens with one attached hydrogen (secondary N) is 1. The molecular formula is C21H19Cl2FN4O2S. The average Bonchev–Trinajstić information content (AvgIpc) is 3.40. The van der Waals surface area contributed by atoms with Crippen LogP contribution in [-0.2, 0) is 16.1 Å². The fraction of sp³-hybridized carbons (Fsp3) is 0.286. The molecule has 3 aromatic rings. The van der Waals surface area contributed by atoms with Crippen LogP contribution in [0.15, 0.2) is 47.6 Å². The largest absolute Gasteiger partial charge is 0.376 e. The van der Waals surface area contributed by atoms with E-state index in [2.05, 4.69) is 15.5 Å². The number of ether oxygens (including phenoxy) is 1. The zero-order valence-electron chi connectivity index (χ0n) is 16.4. The van der Waals surface area contributed by atoms with E-state index in [0.717, 1.165) is 25.0 Å². The van der Waals surface area contributed by atoms with Gasteiger partial charge in [0.2, 0.25) is 5.91 Å². The summed E-state index contributed by atoms with van der Waals surface area (Å²) < 4.78 is 21.0. The summed E-state index contributed by atoms with van der Waals surface area (Å²) in [5, 5.41) is 12.8. The first-order chi connectivity index (χ1) is 15.0. The third kappa shape index (κ3) is 5.57. The van der Waals surface area contributed by atoms with Gasteiger partial charge in [-0.05, 0) is 55.3 Å². The number of carbonyl (C=O) groups is 1. The molecule has 2 heterocycles. The van der Waals surface area contributed by atoms with Crippen LogP contribution in [0.3, 0.4) is 0 Å². The van der Waals surface area contributed by atoms with E-state index in [1.807, 2.05) is 4.57 Å². The molecule has 162 valence electrons. The Morgan fingerprint density at radius 1 is 1.23 bits per heavy atom. The van der Waals surface area contributed by atoms with Gasteiger partial charge in [-0.25, -0.2) is 4.39 Å². The predicted molar refractivity (Wildman–Crippen MR) is 120 cm³/mol. The molecule has 10 heteroatoms. The second-order valence-electron chi connectivity index (χ2n) is 7.02. The predicted octanol–water partition coefficient (Wildman–Crippen LogP) is 5.30. The number of rotatable bonds is 7. The Labute approximate surface area is 193 Å². The monoisotopic (exact) mass is 480 g/mol. The zero-order valence-corrected chi connectivity index (χ0v) is 18.7. The number of amides is 1. The highest BCUT2D eigenvalue weighted by Crippen LogP contribution is 2.28. The molecule has 1 aliphatic heterocycles. The normalized spacial score (nSPS) is 15.9. The minimum Gasteiger partial charge on any atom is -0.376 e. The lowest BCUT2D eigenvalue weighted by Gasteiger charge is -2.15. The molecule has 2 aromatic carbocycles. The number of anilines is 1. The van der Waals surface area contributed by atoms with Gasteiger partial charge in [-0.15, -0.1) is 10.2 Å². The van der Waals surface area contributed by atoms with Crippen molar-refractivity contribution >= 4 is 46.6 Å². The van der Waals surface area contributed by atoms with E-state index in [1.165, 1.54) is 23.9 Å². The van der Waals surface area contributed by atoms with Gasteiger partial charge in [0.1, 0.15) is 5.82 Å². The quantitative estimate of drug-likeness (QED) is 0.464. The van der Waals surface area contributed by atoms with Gasteiger partial charge >= 0.3 is 0 Å². The fourth-order valence-electron chi connectivity index (χ4n) is 3.27. The van der Waals surface area contributed by atoms with Crippen molar-refractivity contribution < 1.29 is 13.9 Å². The maximum Gasteiger partial charge on any atom is 0.234 e. The van der Waals surface area contributed by atoms with Crippen LogP contribution in [0.4, 0.5) is 10.1 Å². The Hall–Kier alpha value is -2.13. The summed E-state index contributed by atoms with van der Waals surface area (Å²) in [7, 11) is 0. The van der Waals surface area contributed by atoms with Gasteiger partial charge in [0.25, 0.3) is 0 Å². The molecule has 1 N–H and O–H groups in total. The summed E-state index contributed by atoms with van der Waals surface area (Å²) in [5.41, 5.74) is 1.20. The van der Waals surface area contributed by atoms with Crippen LogP contribution in [0, 0.1) is 5.82 Å². The van der Waals surface area contributed by atoms with E-state index < -0.39 is 0 Å². The molecule has 1 aliphatic rings. The molecule has 6 nitrogen and oxygen atoms in total. The molecule has 0 aliphatic carbocycles. The van der Waals surface area contributed by atoms with Gasteiger partial charge in [0, 0.05) is 17.2 Å². The summed E-state index contributed by atoms with van der Waals surface area (Å²) in [6, 6.07) is 11.0. The van der Waals surface area contributed by atoms with Crippen LogP contribution >= 0.6 is 35.0 Å². The number of halogens is 3. The molecule has 31 heavy (non-hydrogen) atoms. The van der Waals surface area contributed by atoms with Crippen LogP contribution < -0.4 is 5.32 Å². The van der Waals surface area contributed by atoms with Gasteiger partial charge < -0.3 is 10.1 Å². The lowest BCUT2D eigenvalue weighted by Crippen LogP contribution is -2.18. The maximum absolute atomic E-state index is 13.3. The van der Waals surface area contributed by atoms with Crippen LogP contribution in [0.2, 0.25) is 10.0 Å². The van der Waals surface area contributed by atoms with E-state index in [9.17, 15) is 9.18 Å². The van der Waals surface area contributed by atoms with Crippen LogP contribution in [-0.4, -0.2) is 39.1 Å². The molecule has 1 aromatic heterocycles. The second kappa shape index (κ2) is 9.99. The standard InChI is InChI=1S/C21H19Cl2FN4O2S/c22-14-5-8-17(23)18(10-14)25-19(29)12-31-21-27-26-20(13-3-6-15(24)7-4-13)28(21)11-16-2-1-9-30-16/h3-8,10,16H,1-2,9,11-12H2,(H,25,29)/t16-/m1/s1. The number of carbonyl (C=O) groups excluding carboxylic acids is 1. The van der Waals surface area contributed by atoms with E-state index in [4.69, 9.17) is 27.9 Å². The summed E-state index contributed by atoms with van der Waals surface area (Å²) >= 11 is 13.3. The number of hydrogen-bond acceptors (Lipinski definition) is 5. The molecule has 0 spiro atoms. The molecule has 0 bridgehead atoms. The van der Waals surface area contributed by atoms with E-state index in [0.29, 0.717) is 33.3 Å². The molecule has 1 saturated heterocycles. The number of nitrogens with zero attached hydrogens (tertiary/aromatic N) is 3. The van der Waals surface area contributed by atoms with Gasteiger partial charge in [-0.2, -0.15) is 0 Å². The highest BCUT2D eigenvalue weighted by molar-refractivity contribution is 7.99. The third-order valence-corrected chi connectivity index (χ3v) is 6.30. The second-order valence-corrected chi connectivity index (χ2v) is 8.81. The molecule has 1 atom stereocenters. The zero-order chi connectivity index (χ0) is 21.8. The maximum atomic E-state index is 13.3. The highest BCUT2D eigenvalue weighted by atomic mass is 35.5. The van der Waals surface area contributed by atoms with Crippen molar-refractivity contribution in [1.82, 2.24) is 14.8 Å². The van der Waals surface area contributed by atoms with Crippen molar-refractivity contribution in [3.63, 3.8) is 0 Å². The molecule has 1 fully saturated rings. The van der Waals surface area contributed by atoms with Crippen LogP contribution in [0.1, 0.15) is 12.8 Å². The molecular weight excluding hydrogens is 462 g/mol. The summed E-state index contributed by atoms with van der Waals surface area (Å²) in [6.07, 6.45) is 2.00. The third-order valence-electron chi connectivity index (χ3n) is 4.76. The molecule has 0 radical (unpaired) electrons. The summed E-state index contributed by atoms with van der Waals surface area (Å²) in [6.45, 7) is 1.29. The van der Waals surface area contributed by atoms with Gasteiger partial charge in [-0.3, -0.25) is 9.36 Å².